The Kier molecular flexibility index (Phi) is 19.0. The van der Waals surface area contributed by atoms with E-state index in [0.717, 1.165) is 29.5 Å². The molecule has 0 spiro atoms. The Bertz CT molecular complexity index is 1600. The molecular weight excluding hydrogens is 729 g/mol. The first kappa shape index (κ1) is 43.8. The van der Waals surface area contributed by atoms with Crippen molar-refractivity contribution >= 4 is 25.7 Å². The maximum absolute atomic E-state index is 14.3. The zero-order chi connectivity index (χ0) is 39.3. The summed E-state index contributed by atoms with van der Waals surface area (Å²) >= 11 is 0. The van der Waals surface area contributed by atoms with Gasteiger partial charge >= 0.3 is 19.9 Å². The van der Waals surface area contributed by atoms with E-state index in [-0.39, 0.29) is 58.3 Å². The van der Waals surface area contributed by atoms with E-state index in [2.05, 4.69) is 5.32 Å². The van der Waals surface area contributed by atoms with Gasteiger partial charge in [0.1, 0.15) is 43.4 Å². The second-order valence-electron chi connectivity index (χ2n) is 13.1. The van der Waals surface area contributed by atoms with E-state index in [1.54, 1.807) is 0 Å². The van der Waals surface area contributed by atoms with Gasteiger partial charge in [0.25, 0.3) is 0 Å². The Hall–Kier alpha value is -3.94. The van der Waals surface area contributed by atoms with Crippen molar-refractivity contribution in [2.75, 3.05) is 19.8 Å². The van der Waals surface area contributed by atoms with E-state index in [4.69, 9.17) is 37.3 Å². The first-order valence-corrected chi connectivity index (χ1v) is 20.3. The van der Waals surface area contributed by atoms with Crippen molar-refractivity contribution in [3.8, 4) is 0 Å². The number of hydrogen-bond acceptors (Lipinski definition) is 12. The molecule has 0 saturated carbocycles. The fourth-order valence-corrected chi connectivity index (χ4v) is 6.84. The number of hydrogen-bond donors (Lipinski definition) is 1. The van der Waals surface area contributed by atoms with Crippen LogP contribution >= 0.6 is 7.82 Å². The highest BCUT2D eigenvalue weighted by Crippen LogP contribution is 2.52. The van der Waals surface area contributed by atoms with Crippen molar-refractivity contribution in [2.24, 2.45) is 0 Å². The predicted molar refractivity (Wildman–Crippen MR) is 204 cm³/mol. The number of phosphoric ester groups is 1. The molecule has 3 aromatic carbocycles. The number of ketones is 1. The van der Waals surface area contributed by atoms with Crippen LogP contribution in [0.25, 0.3) is 0 Å². The Morgan fingerprint density at radius 3 is 1.71 bits per heavy atom. The van der Waals surface area contributed by atoms with Crippen LogP contribution in [0.5, 0.6) is 0 Å². The molecule has 0 aliphatic carbocycles. The number of carbonyl (C=O) groups excluding carboxylic acids is 3. The first-order chi connectivity index (χ1) is 26.7. The average molecular weight is 784 g/mol. The molecular formula is C41H54NO12P. The molecule has 0 aromatic heterocycles. The Morgan fingerprint density at radius 1 is 0.691 bits per heavy atom. The summed E-state index contributed by atoms with van der Waals surface area (Å²) in [4.78, 5) is 38.0. The number of carbonyl (C=O) groups is 3. The van der Waals surface area contributed by atoms with E-state index < -0.39 is 50.5 Å². The molecule has 5 atom stereocenters. The molecule has 1 fully saturated rings. The van der Waals surface area contributed by atoms with Crippen LogP contribution in [0, 0.1) is 0 Å². The Labute approximate surface area is 323 Å². The monoisotopic (exact) mass is 783 g/mol. The van der Waals surface area contributed by atoms with Crippen LogP contribution in [0.3, 0.4) is 0 Å². The minimum absolute atomic E-state index is 0.0112. The lowest BCUT2D eigenvalue weighted by Gasteiger charge is -2.46. The lowest BCUT2D eigenvalue weighted by Crippen LogP contribution is -2.66. The van der Waals surface area contributed by atoms with Gasteiger partial charge in [-0.3, -0.25) is 18.4 Å². The maximum Gasteiger partial charge on any atom is 0.477 e. The lowest BCUT2D eigenvalue weighted by atomic mass is 9.96. The second-order valence-corrected chi connectivity index (χ2v) is 14.7. The van der Waals surface area contributed by atoms with Crippen molar-refractivity contribution < 1.29 is 56.2 Å². The van der Waals surface area contributed by atoms with Crippen LogP contribution in [0.15, 0.2) is 91.0 Å². The highest BCUT2D eigenvalue weighted by Gasteiger charge is 2.52. The molecule has 55 heavy (non-hydrogen) atoms. The van der Waals surface area contributed by atoms with E-state index in [1.807, 2.05) is 105 Å². The van der Waals surface area contributed by atoms with Crippen LogP contribution < -0.4 is 5.32 Å². The van der Waals surface area contributed by atoms with Crippen LogP contribution in [-0.4, -0.2) is 68.3 Å². The van der Waals surface area contributed by atoms with Gasteiger partial charge in [0, 0.05) is 6.42 Å². The van der Waals surface area contributed by atoms with Crippen molar-refractivity contribution in [1.82, 2.24) is 5.32 Å². The van der Waals surface area contributed by atoms with E-state index >= 15 is 0 Å². The summed E-state index contributed by atoms with van der Waals surface area (Å²) in [5.41, 5.74) is 2.42. The molecule has 0 radical (unpaired) electrons. The minimum atomic E-state index is -4.32. The lowest BCUT2D eigenvalue weighted by molar-refractivity contribution is -0.271. The molecule has 14 heteroatoms. The zero-order valence-electron chi connectivity index (χ0n) is 31.9. The number of esters is 1. The first-order valence-electron chi connectivity index (χ1n) is 18.9. The summed E-state index contributed by atoms with van der Waals surface area (Å²) in [5.74, 6) is -0.784. The topological polar surface area (TPSA) is 154 Å². The Morgan fingerprint density at radius 2 is 1.20 bits per heavy atom. The predicted octanol–water partition coefficient (Wildman–Crippen LogP) is 7.85. The second kappa shape index (κ2) is 23.9. The standard InChI is InChI=1S/C41H54NO12P/c1-4-6-25-51-55(46,52-26-7-5-2)54-40-37(42-41(45)50-29-34-21-15-10-16-22-34)39(49-28-33-19-13-9-14-20-33)38(48-27-32-17-11-8-12-18-32)35(53-40)30-47-36(44)24-23-31(3)43/h8-22,35,37-40H,4-7,23-30H2,1-3H3,(H,42,45)/t35-,37-,38-,39-,40+/m1/s1. The minimum Gasteiger partial charge on any atom is -0.463 e. The van der Waals surface area contributed by atoms with Crippen molar-refractivity contribution in [2.45, 2.75) is 110 Å². The molecule has 1 saturated heterocycles. The summed E-state index contributed by atoms with van der Waals surface area (Å²) in [7, 11) is -4.32. The Balaban J connectivity index is 1.73. The molecule has 0 bridgehead atoms. The molecule has 1 aliphatic heterocycles. The van der Waals surface area contributed by atoms with Crippen LogP contribution in [-0.2, 0) is 71.2 Å². The molecule has 3 aromatic rings. The van der Waals surface area contributed by atoms with Crippen molar-refractivity contribution in [3.05, 3.63) is 108 Å². The molecule has 4 rings (SSSR count). The maximum atomic E-state index is 14.3. The van der Waals surface area contributed by atoms with E-state index in [9.17, 15) is 18.9 Å². The third-order valence-corrected chi connectivity index (χ3v) is 10.00. The molecule has 1 aliphatic rings. The molecule has 0 unspecified atom stereocenters. The molecule has 13 nitrogen and oxygen atoms in total. The summed E-state index contributed by atoms with van der Waals surface area (Å²) in [6.07, 6.45) is -2.92. The number of ether oxygens (including phenoxy) is 5. The average Bonchev–Trinajstić information content (AvgIpc) is 3.19. The van der Waals surface area contributed by atoms with Gasteiger partial charge in [-0.05, 0) is 36.5 Å². The number of nitrogens with one attached hydrogen (secondary N) is 1. The SMILES string of the molecule is CCCCOP(=O)(OCCCC)O[C@@H]1O[C@H](COC(=O)CCC(C)=O)[C@@H](OCc2ccccc2)[C@H](OCc2ccccc2)[C@H]1NC(=O)OCc1ccccc1. The number of Topliss-reactive ketones (excluding diaryl/α,β-unsaturated/α-hetero) is 1. The van der Waals surface area contributed by atoms with Crippen LogP contribution in [0.4, 0.5) is 4.79 Å². The number of benzene rings is 3. The number of amides is 1. The number of alkyl carbamates (subject to hydrolysis) is 1. The highest BCUT2D eigenvalue weighted by atomic mass is 31.2. The van der Waals surface area contributed by atoms with Crippen molar-refractivity contribution in [3.63, 3.8) is 0 Å². The molecule has 1 heterocycles. The summed E-state index contributed by atoms with van der Waals surface area (Å²) < 4.78 is 62.8. The summed E-state index contributed by atoms with van der Waals surface area (Å²) in [6, 6.07) is 26.8. The quantitative estimate of drug-likeness (QED) is 0.0535. The number of rotatable bonds is 24. The van der Waals surface area contributed by atoms with Gasteiger partial charge in [-0.15, -0.1) is 0 Å². The van der Waals surface area contributed by atoms with Gasteiger partial charge < -0.3 is 33.8 Å². The van der Waals surface area contributed by atoms with E-state index in [1.165, 1.54) is 6.92 Å². The van der Waals surface area contributed by atoms with Gasteiger partial charge in [0.15, 0.2) is 6.29 Å². The normalized spacial score (nSPS) is 19.7. The van der Waals surface area contributed by atoms with Gasteiger partial charge in [0.2, 0.25) is 0 Å². The van der Waals surface area contributed by atoms with Crippen LogP contribution in [0.2, 0.25) is 0 Å². The zero-order valence-corrected chi connectivity index (χ0v) is 32.8. The van der Waals surface area contributed by atoms with Gasteiger partial charge in [0.05, 0.1) is 32.8 Å². The molecule has 1 amide bonds. The third-order valence-electron chi connectivity index (χ3n) is 8.53. The largest absolute Gasteiger partial charge is 0.477 e. The summed E-state index contributed by atoms with van der Waals surface area (Å²) in [5, 5.41) is 2.84. The highest BCUT2D eigenvalue weighted by molar-refractivity contribution is 7.48. The number of unbranched alkanes of at least 4 members (excludes halogenated alkanes) is 2. The fourth-order valence-electron chi connectivity index (χ4n) is 5.51. The van der Waals surface area contributed by atoms with Gasteiger partial charge in [-0.1, -0.05) is 118 Å². The number of phosphoric acid groups is 1. The van der Waals surface area contributed by atoms with Gasteiger partial charge in [-0.2, -0.15) is 0 Å². The summed E-state index contributed by atoms with van der Waals surface area (Å²) in [6.45, 7) is 5.28. The van der Waals surface area contributed by atoms with Gasteiger partial charge in [-0.25, -0.2) is 9.36 Å². The smallest absolute Gasteiger partial charge is 0.463 e. The van der Waals surface area contributed by atoms with Crippen molar-refractivity contribution in [1.29, 1.82) is 0 Å². The van der Waals surface area contributed by atoms with Crippen LogP contribution in [0.1, 0.15) is 76.0 Å². The molecule has 1 N–H and O–H groups in total. The fraction of sp³-hybridized carbons (Fsp3) is 0.488. The molecule has 300 valence electrons. The third kappa shape index (κ3) is 15.6. The van der Waals surface area contributed by atoms with E-state index in [0.29, 0.717) is 12.8 Å².